The largest absolute Gasteiger partial charge is 0.481 e. The Balaban J connectivity index is 1.74. The zero-order valence-electron chi connectivity index (χ0n) is 15.5. The summed E-state index contributed by atoms with van der Waals surface area (Å²) >= 11 is 0. The highest BCUT2D eigenvalue weighted by atomic mass is 16.4. The van der Waals surface area contributed by atoms with Crippen LogP contribution in [-0.2, 0) is 11.3 Å². The summed E-state index contributed by atoms with van der Waals surface area (Å²) in [4.78, 5) is 13.5. The maximum atomic E-state index is 11.3. The van der Waals surface area contributed by atoms with Gasteiger partial charge in [-0.15, -0.1) is 0 Å². The smallest absolute Gasteiger partial charge is 0.307 e. The van der Waals surface area contributed by atoms with E-state index in [1.54, 1.807) is 0 Å². The summed E-state index contributed by atoms with van der Waals surface area (Å²) in [5.74, 6) is -0.866. The quantitative estimate of drug-likeness (QED) is 0.815. The summed E-state index contributed by atoms with van der Waals surface area (Å²) in [6.45, 7) is 5.69. The number of likely N-dealkylation sites (tertiary alicyclic amines) is 1. The molecule has 1 aliphatic heterocycles. The summed E-state index contributed by atoms with van der Waals surface area (Å²) in [7, 11) is 0. The van der Waals surface area contributed by atoms with Crippen molar-refractivity contribution in [3.8, 4) is 0 Å². The molecule has 0 bridgehead atoms. The number of carboxylic acids is 1. The third-order valence-electron chi connectivity index (χ3n) is 5.18. The standard InChI is InChI=1S/C22H28N2O2/c1-2-24-16-8-13-21(24)20(18-9-4-3-5-10-18)12-7-15-23-14-6-11-19(17-23)22(25)26/h3-5,8-10,12-13,16,19H,2,6-7,11,14-15,17H2,1H3,(H,25,26)/b20-12+. The maximum Gasteiger partial charge on any atom is 0.307 e. The van der Waals surface area contributed by atoms with Crippen molar-refractivity contribution >= 4 is 11.5 Å². The molecular weight excluding hydrogens is 324 g/mol. The number of carboxylic acid groups (broad SMARTS) is 1. The second kappa shape index (κ2) is 8.86. The molecule has 1 aliphatic rings. The number of aryl methyl sites for hydroxylation is 1. The van der Waals surface area contributed by atoms with Crippen LogP contribution in [0.25, 0.3) is 5.57 Å². The number of hydrogen-bond donors (Lipinski definition) is 1. The van der Waals surface area contributed by atoms with Gasteiger partial charge in [-0.05, 0) is 50.4 Å². The first kappa shape index (κ1) is 18.5. The lowest BCUT2D eigenvalue weighted by Gasteiger charge is -2.30. The normalized spacial score (nSPS) is 18.8. The van der Waals surface area contributed by atoms with Gasteiger partial charge in [0.1, 0.15) is 0 Å². The van der Waals surface area contributed by atoms with Crippen LogP contribution in [0, 0.1) is 5.92 Å². The Morgan fingerprint density at radius 2 is 2.04 bits per heavy atom. The van der Waals surface area contributed by atoms with Crippen LogP contribution in [-0.4, -0.2) is 40.2 Å². The van der Waals surface area contributed by atoms with Gasteiger partial charge < -0.3 is 14.6 Å². The predicted molar refractivity (Wildman–Crippen MR) is 105 cm³/mol. The van der Waals surface area contributed by atoms with Crippen LogP contribution in [0.1, 0.15) is 37.4 Å². The van der Waals surface area contributed by atoms with Crippen molar-refractivity contribution in [1.29, 1.82) is 0 Å². The molecule has 26 heavy (non-hydrogen) atoms. The molecule has 1 atom stereocenters. The molecule has 0 radical (unpaired) electrons. The Morgan fingerprint density at radius 1 is 1.23 bits per heavy atom. The topological polar surface area (TPSA) is 45.5 Å². The van der Waals surface area contributed by atoms with Crippen LogP contribution in [0.15, 0.2) is 54.7 Å². The Morgan fingerprint density at radius 3 is 2.77 bits per heavy atom. The van der Waals surface area contributed by atoms with E-state index in [0.717, 1.165) is 38.9 Å². The maximum absolute atomic E-state index is 11.3. The van der Waals surface area contributed by atoms with Crippen molar-refractivity contribution < 1.29 is 9.90 Å². The Bertz CT molecular complexity index is 749. The summed E-state index contributed by atoms with van der Waals surface area (Å²) in [5, 5.41) is 9.26. The molecule has 0 spiro atoms. The number of piperidine rings is 1. The van der Waals surface area contributed by atoms with Gasteiger partial charge >= 0.3 is 5.97 Å². The molecule has 1 saturated heterocycles. The number of aliphatic carboxylic acids is 1. The molecule has 4 nitrogen and oxygen atoms in total. The Kier molecular flexibility index (Phi) is 6.29. The molecule has 0 amide bonds. The van der Waals surface area contributed by atoms with E-state index in [2.05, 4.69) is 65.1 Å². The predicted octanol–water partition coefficient (Wildman–Crippen LogP) is 4.13. The highest BCUT2D eigenvalue weighted by Crippen LogP contribution is 2.25. The molecule has 0 saturated carbocycles. The minimum absolute atomic E-state index is 0.210. The van der Waals surface area contributed by atoms with Crippen LogP contribution in [0.3, 0.4) is 0 Å². The van der Waals surface area contributed by atoms with Crippen LogP contribution in [0.5, 0.6) is 0 Å². The van der Waals surface area contributed by atoms with Crippen molar-refractivity contribution in [2.75, 3.05) is 19.6 Å². The van der Waals surface area contributed by atoms with Gasteiger partial charge in [0.05, 0.1) is 5.92 Å². The van der Waals surface area contributed by atoms with E-state index in [-0.39, 0.29) is 5.92 Å². The first-order valence-electron chi connectivity index (χ1n) is 9.55. The molecule has 0 aliphatic carbocycles. The van der Waals surface area contributed by atoms with Crippen molar-refractivity contribution in [2.24, 2.45) is 5.92 Å². The van der Waals surface area contributed by atoms with Crippen LogP contribution < -0.4 is 0 Å². The van der Waals surface area contributed by atoms with Gasteiger partial charge in [0.2, 0.25) is 0 Å². The van der Waals surface area contributed by atoms with E-state index >= 15 is 0 Å². The van der Waals surface area contributed by atoms with Gasteiger partial charge in [0.25, 0.3) is 0 Å². The molecule has 138 valence electrons. The number of carbonyl (C=O) groups is 1. The molecule has 1 aromatic carbocycles. The van der Waals surface area contributed by atoms with Crippen LogP contribution >= 0.6 is 0 Å². The zero-order chi connectivity index (χ0) is 18.4. The van der Waals surface area contributed by atoms with Gasteiger partial charge in [0.15, 0.2) is 0 Å². The van der Waals surface area contributed by atoms with Crippen molar-refractivity contribution in [3.63, 3.8) is 0 Å². The molecule has 1 aromatic heterocycles. The van der Waals surface area contributed by atoms with Crippen molar-refractivity contribution in [1.82, 2.24) is 9.47 Å². The van der Waals surface area contributed by atoms with Crippen molar-refractivity contribution in [3.05, 3.63) is 66.0 Å². The summed E-state index contributed by atoms with van der Waals surface area (Å²) in [5.41, 5.74) is 3.72. The fraction of sp³-hybridized carbons (Fsp3) is 0.409. The molecule has 3 rings (SSSR count). The molecule has 4 heteroatoms. The average molecular weight is 352 g/mol. The van der Waals surface area contributed by atoms with Gasteiger partial charge in [-0.1, -0.05) is 36.4 Å². The Hall–Kier alpha value is -2.33. The third-order valence-corrected chi connectivity index (χ3v) is 5.18. The van der Waals surface area contributed by atoms with E-state index in [1.165, 1.54) is 16.8 Å². The highest BCUT2D eigenvalue weighted by Gasteiger charge is 2.24. The zero-order valence-corrected chi connectivity index (χ0v) is 15.5. The fourth-order valence-electron chi connectivity index (χ4n) is 3.77. The number of hydrogen-bond acceptors (Lipinski definition) is 2. The summed E-state index contributed by atoms with van der Waals surface area (Å²) < 4.78 is 2.26. The highest BCUT2D eigenvalue weighted by molar-refractivity contribution is 5.78. The average Bonchev–Trinajstić information content (AvgIpc) is 3.14. The van der Waals surface area contributed by atoms with Gasteiger partial charge in [-0.25, -0.2) is 0 Å². The fourth-order valence-corrected chi connectivity index (χ4v) is 3.77. The monoisotopic (exact) mass is 352 g/mol. The van der Waals surface area contributed by atoms with E-state index in [9.17, 15) is 9.90 Å². The molecular formula is C22H28N2O2. The van der Waals surface area contributed by atoms with E-state index < -0.39 is 5.97 Å². The van der Waals surface area contributed by atoms with E-state index in [1.807, 2.05) is 6.07 Å². The second-order valence-corrected chi connectivity index (χ2v) is 6.93. The minimum atomic E-state index is -0.656. The number of nitrogens with zero attached hydrogens (tertiary/aromatic N) is 2. The summed E-state index contributed by atoms with van der Waals surface area (Å²) in [6.07, 6.45) is 7.13. The lowest BCUT2D eigenvalue weighted by molar-refractivity contribution is -0.143. The van der Waals surface area contributed by atoms with E-state index in [0.29, 0.717) is 6.54 Å². The molecule has 1 N–H and O–H groups in total. The molecule has 1 fully saturated rings. The number of aromatic nitrogens is 1. The first-order chi connectivity index (χ1) is 12.7. The lowest BCUT2D eigenvalue weighted by atomic mass is 9.97. The van der Waals surface area contributed by atoms with Crippen LogP contribution in [0.2, 0.25) is 0 Å². The minimum Gasteiger partial charge on any atom is -0.481 e. The molecule has 2 aromatic rings. The van der Waals surface area contributed by atoms with Gasteiger partial charge in [-0.3, -0.25) is 4.79 Å². The Labute approximate surface area is 155 Å². The first-order valence-corrected chi connectivity index (χ1v) is 9.55. The summed E-state index contributed by atoms with van der Waals surface area (Å²) in [6, 6.07) is 14.8. The third kappa shape index (κ3) is 4.44. The number of benzene rings is 1. The van der Waals surface area contributed by atoms with Gasteiger partial charge in [-0.2, -0.15) is 0 Å². The second-order valence-electron chi connectivity index (χ2n) is 6.93. The molecule has 2 heterocycles. The number of rotatable bonds is 7. The van der Waals surface area contributed by atoms with Crippen molar-refractivity contribution in [2.45, 2.75) is 32.7 Å². The molecule has 1 unspecified atom stereocenters. The van der Waals surface area contributed by atoms with Crippen LogP contribution in [0.4, 0.5) is 0 Å². The SMILES string of the molecule is CCn1cccc1/C(=C/CCN1CCCC(C(=O)O)C1)c1ccccc1. The lowest BCUT2D eigenvalue weighted by Crippen LogP contribution is -2.39. The van der Waals surface area contributed by atoms with Gasteiger partial charge in [0, 0.05) is 37.1 Å². The van der Waals surface area contributed by atoms with E-state index in [4.69, 9.17) is 0 Å².